The number of hydrogen-bond donors (Lipinski definition) is 2. The molecule has 0 aromatic rings. The first-order valence-corrected chi connectivity index (χ1v) is 7.00. The van der Waals surface area contributed by atoms with Gasteiger partial charge in [-0.05, 0) is 44.6 Å². The lowest BCUT2D eigenvalue weighted by Crippen LogP contribution is -2.42. The molecule has 1 rings (SSSR count). The quantitative estimate of drug-likeness (QED) is 0.727. The van der Waals surface area contributed by atoms with Gasteiger partial charge in [-0.2, -0.15) is 0 Å². The molecule has 0 aliphatic carbocycles. The summed E-state index contributed by atoms with van der Waals surface area (Å²) in [5, 5.41) is 7.30. The van der Waals surface area contributed by atoms with Gasteiger partial charge in [-0.3, -0.25) is 0 Å². The van der Waals surface area contributed by atoms with Crippen LogP contribution in [0.25, 0.3) is 0 Å². The van der Waals surface area contributed by atoms with Gasteiger partial charge in [0, 0.05) is 18.6 Å². The van der Waals surface area contributed by atoms with Gasteiger partial charge in [-0.15, -0.1) is 0 Å². The van der Waals surface area contributed by atoms with Crippen molar-refractivity contribution in [2.75, 3.05) is 13.1 Å². The molecule has 0 spiro atoms. The van der Waals surface area contributed by atoms with Crippen molar-refractivity contribution < 1.29 is 0 Å². The van der Waals surface area contributed by atoms with Gasteiger partial charge in [0.15, 0.2) is 0 Å². The highest BCUT2D eigenvalue weighted by Gasteiger charge is 2.18. The second-order valence-corrected chi connectivity index (χ2v) is 6.18. The lowest BCUT2D eigenvalue weighted by Gasteiger charge is -2.29. The molecule has 0 aromatic carbocycles. The first kappa shape index (κ1) is 14.0. The molecule has 96 valence electrons. The van der Waals surface area contributed by atoms with Gasteiger partial charge in [0.25, 0.3) is 0 Å². The molecule has 1 heterocycles. The van der Waals surface area contributed by atoms with Crippen LogP contribution < -0.4 is 10.6 Å². The Balaban J connectivity index is 2.17. The van der Waals surface area contributed by atoms with Gasteiger partial charge in [-0.25, -0.2) is 0 Å². The van der Waals surface area contributed by atoms with Crippen LogP contribution >= 0.6 is 0 Å². The topological polar surface area (TPSA) is 24.1 Å². The van der Waals surface area contributed by atoms with Crippen LogP contribution in [0.4, 0.5) is 0 Å². The SMILES string of the molecule is CCC(C)(C)CNC(C)CC1CCCCN1. The Labute approximate surface area is 102 Å². The molecule has 2 atom stereocenters. The zero-order chi connectivity index (χ0) is 12.0. The van der Waals surface area contributed by atoms with Crippen LogP contribution in [0.15, 0.2) is 0 Å². The van der Waals surface area contributed by atoms with Crippen molar-refractivity contribution >= 4 is 0 Å². The molecule has 0 aromatic heterocycles. The van der Waals surface area contributed by atoms with E-state index in [1.54, 1.807) is 0 Å². The van der Waals surface area contributed by atoms with Gasteiger partial charge < -0.3 is 10.6 Å². The minimum absolute atomic E-state index is 0.439. The molecule has 2 N–H and O–H groups in total. The summed E-state index contributed by atoms with van der Waals surface area (Å²) in [6.07, 6.45) is 6.66. The lowest BCUT2D eigenvalue weighted by atomic mass is 9.89. The largest absolute Gasteiger partial charge is 0.314 e. The molecule has 2 heteroatoms. The fourth-order valence-electron chi connectivity index (χ4n) is 2.21. The van der Waals surface area contributed by atoms with Crippen molar-refractivity contribution in [2.24, 2.45) is 5.41 Å². The first-order chi connectivity index (χ1) is 7.53. The summed E-state index contributed by atoms with van der Waals surface area (Å²) >= 11 is 0. The molecule has 1 saturated heterocycles. The number of nitrogens with one attached hydrogen (secondary N) is 2. The predicted molar refractivity (Wildman–Crippen MR) is 71.8 cm³/mol. The maximum absolute atomic E-state index is 3.68. The van der Waals surface area contributed by atoms with E-state index >= 15 is 0 Å². The van der Waals surface area contributed by atoms with Crippen LogP contribution in [0.3, 0.4) is 0 Å². The Morgan fingerprint density at radius 3 is 2.69 bits per heavy atom. The standard InChI is InChI=1S/C14H30N2/c1-5-14(3,4)11-16-12(2)10-13-8-6-7-9-15-13/h12-13,15-16H,5-11H2,1-4H3. The fraction of sp³-hybridized carbons (Fsp3) is 1.00. The van der Waals surface area contributed by atoms with Crippen LogP contribution in [-0.4, -0.2) is 25.2 Å². The number of hydrogen-bond acceptors (Lipinski definition) is 2. The summed E-state index contributed by atoms with van der Waals surface area (Å²) in [7, 11) is 0. The number of rotatable bonds is 6. The Kier molecular flexibility index (Phi) is 5.77. The van der Waals surface area contributed by atoms with Crippen molar-refractivity contribution in [3.63, 3.8) is 0 Å². The van der Waals surface area contributed by atoms with Crippen LogP contribution in [-0.2, 0) is 0 Å². The van der Waals surface area contributed by atoms with E-state index in [1.807, 2.05) is 0 Å². The minimum Gasteiger partial charge on any atom is -0.314 e. The Morgan fingerprint density at radius 2 is 2.12 bits per heavy atom. The third-order valence-electron chi connectivity index (χ3n) is 3.94. The highest BCUT2D eigenvalue weighted by atomic mass is 15.0. The molecule has 1 fully saturated rings. The van der Waals surface area contributed by atoms with Crippen LogP contribution in [0.2, 0.25) is 0 Å². The predicted octanol–water partition coefficient (Wildman–Crippen LogP) is 2.93. The zero-order valence-corrected chi connectivity index (χ0v) is 11.6. The summed E-state index contributed by atoms with van der Waals surface area (Å²) in [5.74, 6) is 0. The van der Waals surface area contributed by atoms with E-state index < -0.39 is 0 Å². The average molecular weight is 226 g/mol. The van der Waals surface area contributed by atoms with Gasteiger partial charge in [0.2, 0.25) is 0 Å². The van der Waals surface area contributed by atoms with Crippen molar-refractivity contribution in [2.45, 2.75) is 71.9 Å². The third-order valence-corrected chi connectivity index (χ3v) is 3.94. The molecule has 1 aliphatic heterocycles. The van der Waals surface area contributed by atoms with E-state index in [1.165, 1.54) is 38.6 Å². The molecular formula is C14H30N2. The Morgan fingerprint density at radius 1 is 1.38 bits per heavy atom. The Hall–Kier alpha value is -0.0800. The second kappa shape index (κ2) is 6.61. The van der Waals surface area contributed by atoms with E-state index in [-0.39, 0.29) is 0 Å². The van der Waals surface area contributed by atoms with Gasteiger partial charge in [0.05, 0.1) is 0 Å². The summed E-state index contributed by atoms with van der Waals surface area (Å²) < 4.78 is 0. The van der Waals surface area contributed by atoms with Gasteiger partial charge >= 0.3 is 0 Å². The molecule has 0 bridgehead atoms. The summed E-state index contributed by atoms with van der Waals surface area (Å²) in [5.41, 5.74) is 0.439. The van der Waals surface area contributed by atoms with Crippen LogP contribution in [0.5, 0.6) is 0 Å². The average Bonchev–Trinajstić information content (AvgIpc) is 2.28. The van der Waals surface area contributed by atoms with Gasteiger partial charge in [0.1, 0.15) is 0 Å². The fourth-order valence-corrected chi connectivity index (χ4v) is 2.21. The van der Waals surface area contributed by atoms with Crippen LogP contribution in [0, 0.1) is 5.41 Å². The first-order valence-electron chi connectivity index (χ1n) is 7.00. The van der Waals surface area contributed by atoms with Crippen molar-refractivity contribution in [3.8, 4) is 0 Å². The maximum Gasteiger partial charge on any atom is 0.00817 e. The minimum atomic E-state index is 0.439. The monoisotopic (exact) mass is 226 g/mol. The third kappa shape index (κ3) is 5.31. The molecule has 16 heavy (non-hydrogen) atoms. The van der Waals surface area contributed by atoms with E-state index in [9.17, 15) is 0 Å². The smallest absolute Gasteiger partial charge is 0.00817 e. The summed E-state index contributed by atoms with van der Waals surface area (Å²) in [6.45, 7) is 11.6. The molecule has 2 nitrogen and oxygen atoms in total. The van der Waals surface area contributed by atoms with Crippen molar-refractivity contribution in [1.82, 2.24) is 10.6 Å². The van der Waals surface area contributed by atoms with Crippen LogP contribution in [0.1, 0.15) is 59.8 Å². The molecule has 0 amide bonds. The maximum atomic E-state index is 3.68. The number of piperidine rings is 1. The van der Waals surface area contributed by atoms with E-state index in [0.717, 1.165) is 12.6 Å². The second-order valence-electron chi connectivity index (χ2n) is 6.18. The Bertz CT molecular complexity index is 183. The normalized spacial score (nSPS) is 24.4. The lowest BCUT2D eigenvalue weighted by molar-refractivity contribution is 0.288. The highest BCUT2D eigenvalue weighted by Crippen LogP contribution is 2.18. The molecular weight excluding hydrogens is 196 g/mol. The molecule has 0 radical (unpaired) electrons. The summed E-state index contributed by atoms with van der Waals surface area (Å²) in [6, 6.07) is 1.39. The van der Waals surface area contributed by atoms with Gasteiger partial charge in [-0.1, -0.05) is 27.2 Å². The zero-order valence-electron chi connectivity index (χ0n) is 11.6. The highest BCUT2D eigenvalue weighted by molar-refractivity contribution is 4.79. The molecule has 0 saturated carbocycles. The van der Waals surface area contributed by atoms with Crippen molar-refractivity contribution in [1.29, 1.82) is 0 Å². The van der Waals surface area contributed by atoms with E-state index in [2.05, 4.69) is 38.3 Å². The molecule has 1 aliphatic rings. The van der Waals surface area contributed by atoms with E-state index in [0.29, 0.717) is 11.5 Å². The molecule has 2 unspecified atom stereocenters. The van der Waals surface area contributed by atoms with E-state index in [4.69, 9.17) is 0 Å². The summed E-state index contributed by atoms with van der Waals surface area (Å²) in [4.78, 5) is 0. The van der Waals surface area contributed by atoms with Crippen molar-refractivity contribution in [3.05, 3.63) is 0 Å².